The van der Waals surface area contributed by atoms with Gasteiger partial charge in [0.1, 0.15) is 85.4 Å². The molecule has 10 rings (SSSR count). The predicted octanol–water partition coefficient (Wildman–Crippen LogP) is 24.3. The molecule has 4 aliphatic heterocycles. The number of thioether (sulfide) groups is 4. The van der Waals surface area contributed by atoms with Crippen LogP contribution in [0.15, 0.2) is 61.9 Å². The van der Waals surface area contributed by atoms with Crippen LogP contribution >= 0.6 is 93.5 Å². The Morgan fingerprint density at radius 2 is 0.814 bits per heavy atom. The van der Waals surface area contributed by atoms with Gasteiger partial charge >= 0.3 is 0 Å². The van der Waals surface area contributed by atoms with E-state index in [1.165, 1.54) is 11.8 Å². The molecule has 0 fully saturated rings. The quantitative estimate of drug-likeness (QED) is 0.0116. The van der Waals surface area contributed by atoms with Crippen molar-refractivity contribution in [3.63, 3.8) is 0 Å². The summed E-state index contributed by atoms with van der Waals surface area (Å²) in [6.45, 7) is 63.1. The molecule has 21 nitrogen and oxygen atoms in total. The average Bonchev–Trinajstić information content (AvgIpc) is 1.53. The maximum atomic E-state index is 17.0. The number of halogens is 5. The Hall–Kier alpha value is -4.39. The van der Waals surface area contributed by atoms with Gasteiger partial charge in [-0.3, -0.25) is 0 Å². The van der Waals surface area contributed by atoms with Crippen molar-refractivity contribution in [3.8, 4) is 40.3 Å². The van der Waals surface area contributed by atoms with Crippen LogP contribution in [0, 0.1) is 47.3 Å². The molecular formula is C98H152Cl4FN12O9S4V+3. The smallest absolute Gasteiger partial charge is 0.286 e. The Balaban J connectivity index is 0.0000188. The van der Waals surface area contributed by atoms with Crippen LogP contribution in [0.5, 0.6) is 34.5 Å². The Labute approximate surface area is 819 Å². The fourth-order valence-electron chi connectivity index (χ4n) is 15.3. The molecule has 2 aromatic heterocycles. The van der Waals surface area contributed by atoms with E-state index in [0.717, 1.165) is 67.9 Å². The van der Waals surface area contributed by atoms with E-state index in [1.54, 1.807) is 44.6 Å². The van der Waals surface area contributed by atoms with Gasteiger partial charge in [-0.15, -0.1) is 63.4 Å². The van der Waals surface area contributed by atoms with Gasteiger partial charge in [0, 0.05) is 69.9 Å². The standard InChI is InChI=1S/C98H152Cl4FN12O9S4.V/c1-27-110(28-2)43-55-125-89-77(101)81(118-49-37-61(13)14)71-73(85(89)122-53-41-65(21)22)96-108-94-70-67(79(116-47-35-59(9)10)75(99)88(84(70)121-52-40-64(19)20)128-58-46-115(103,33-7)34-8)91(105-94)104-92-69-68(80(117-48-36-60(11)12)76(100)87(83(69)120-51-39-63(17)18)126-56-44-113(25,29-3)30-4)93(106-92)107-95-74-72(98-109-97(71)112(96)124-111(95)98)82(119-50-38-62(15)16)78(102)90(86(74)123-54-42-66(23)24)127-57-45-114(26,31-5)32-6;/h59-66,75,88H,27-58H2,1-26H3;/q+3;. The van der Waals surface area contributed by atoms with Crippen LogP contribution in [0.1, 0.15) is 218 Å². The van der Waals surface area contributed by atoms with E-state index < -0.39 is 15.3 Å². The summed E-state index contributed by atoms with van der Waals surface area (Å²) in [5, 5.41) is 2.33. The maximum Gasteiger partial charge on any atom is 0.286 e. The molecule has 2 atom stereocenters. The van der Waals surface area contributed by atoms with Crippen LogP contribution in [-0.4, -0.2) is 219 Å². The number of quaternary nitrogens is 3. The van der Waals surface area contributed by atoms with Crippen molar-refractivity contribution in [2.45, 2.75) is 243 Å². The Bertz CT molecular complexity index is 5130. The van der Waals surface area contributed by atoms with E-state index in [9.17, 15) is 0 Å². The number of aromatic nitrogens is 4. The second-order valence-corrected chi connectivity index (χ2v) is 44.6. The summed E-state index contributed by atoms with van der Waals surface area (Å²) in [6.07, 6.45) is 5.53. The number of benzene rings is 3. The summed E-state index contributed by atoms with van der Waals surface area (Å²) in [5.41, 5.74) is 1.55. The molecule has 719 valence electrons. The Morgan fingerprint density at radius 3 is 1.25 bits per heavy atom. The van der Waals surface area contributed by atoms with Gasteiger partial charge in [-0.2, -0.15) is 9.62 Å². The minimum atomic E-state index is -0.921. The number of hydrogen-bond donors (Lipinski definition) is 0. The first-order valence-corrected chi connectivity index (χ1v) is 53.4. The first-order chi connectivity index (χ1) is 61.0. The van der Waals surface area contributed by atoms with Crippen molar-refractivity contribution in [2.24, 2.45) is 67.3 Å². The average molecular weight is 1980 g/mol. The van der Waals surface area contributed by atoms with Crippen LogP contribution in [0.25, 0.3) is 43.8 Å². The Morgan fingerprint density at radius 1 is 0.442 bits per heavy atom. The largest absolute Gasteiger partial charge is 0.496 e. The molecule has 0 amide bonds. The molecule has 5 aromatic rings. The molecule has 6 bridgehead atoms. The SMILES string of the molecule is CCN(CC)CCSc1c(Cl)c(OCCC(C)C)c2c(c1OCCC(C)C)c1n3o[n+]4c(c5c(OCCC(C)C)c(SCC[N+](C)(CC)CC)c(Cl)c(OCCC(C)C)c5c-4nc23)N=c2[n-]c(c3c(OCCC(C)C)c(SCC[N+](C)(CC)CC)c(Cl)c(OCCC(C)C)c23)=NC2=NC(=N1)C1=C(OCCC(C)C)C(SCC[N+](F)(CC)CC)C(Cl)C(OCCC(C)C)=C21.[V]. The molecular weight excluding hydrogens is 1830 g/mol. The van der Waals surface area contributed by atoms with Crippen LogP contribution in [-0.2, 0) is 28.0 Å². The molecule has 0 saturated heterocycles. The van der Waals surface area contributed by atoms with Gasteiger partial charge in [-0.1, -0.05) is 169 Å². The number of amidine groups is 2. The van der Waals surface area contributed by atoms with Crippen molar-refractivity contribution in [3.05, 3.63) is 48.7 Å². The second-order valence-electron chi connectivity index (χ2n) is 38.4. The third-order valence-corrected chi connectivity index (χ3v) is 31.7. The number of fused-ring (bicyclic) bond motifs is 15. The second kappa shape index (κ2) is 49.6. The number of nitrogens with zero attached hydrogens (tertiary/aromatic N) is 12. The van der Waals surface area contributed by atoms with E-state index >= 15 is 4.48 Å². The fourth-order valence-corrected chi connectivity index (χ4v) is 21.8. The van der Waals surface area contributed by atoms with Gasteiger partial charge in [0.25, 0.3) is 11.5 Å². The van der Waals surface area contributed by atoms with Crippen LogP contribution in [0.3, 0.4) is 0 Å². The number of alkyl halides is 1. The van der Waals surface area contributed by atoms with Crippen LogP contribution in [0.2, 0.25) is 15.1 Å². The van der Waals surface area contributed by atoms with Crippen molar-refractivity contribution in [1.29, 1.82) is 0 Å². The number of rotatable bonds is 56. The van der Waals surface area contributed by atoms with Gasteiger partial charge in [-0.25, -0.2) is 4.99 Å². The summed E-state index contributed by atoms with van der Waals surface area (Å²) in [4.78, 5) is 40.5. The topological polar surface area (TPSA) is 175 Å². The van der Waals surface area contributed by atoms with Gasteiger partial charge < -0.3 is 66.7 Å². The summed E-state index contributed by atoms with van der Waals surface area (Å²) in [6, 6.07) is 0. The first kappa shape index (κ1) is 108. The summed E-state index contributed by atoms with van der Waals surface area (Å²) >= 11 is 39.8. The van der Waals surface area contributed by atoms with E-state index in [2.05, 4.69) is 171 Å². The van der Waals surface area contributed by atoms with E-state index in [-0.39, 0.29) is 145 Å². The predicted molar refractivity (Wildman–Crippen MR) is 536 cm³/mol. The normalized spacial score (nSPS) is 15.2. The number of ether oxygens (including phenoxy) is 8. The summed E-state index contributed by atoms with van der Waals surface area (Å²) in [5.74, 6) is 8.79. The molecule has 0 spiro atoms. The minimum Gasteiger partial charge on any atom is -0.496 e. The first-order valence-electron chi connectivity index (χ1n) is 47.9. The minimum absolute atomic E-state index is 0. The van der Waals surface area contributed by atoms with E-state index in [4.69, 9.17) is 119 Å². The number of hydrogen-bond acceptors (Lipinski definition) is 19. The third-order valence-electron chi connectivity index (χ3n) is 25.3. The van der Waals surface area contributed by atoms with Gasteiger partial charge in [0.15, 0.2) is 23.2 Å². The molecule has 2 unspecified atom stereocenters. The molecule has 5 aliphatic rings. The summed E-state index contributed by atoms with van der Waals surface area (Å²) in [7, 11) is 4.60. The Kier molecular flexibility index (Phi) is 41.6. The molecule has 3 aromatic carbocycles. The van der Waals surface area contributed by atoms with Gasteiger partial charge in [-0.05, 0) is 162 Å². The fraction of sp³-hybridized carbons (Fsp3) is 0.694. The molecule has 0 N–H and O–H groups in total. The zero-order valence-corrected chi connectivity index (χ0v) is 90.1. The zero-order valence-electron chi connectivity index (χ0n) is 82.4. The zero-order chi connectivity index (χ0) is 93.4. The van der Waals surface area contributed by atoms with Crippen molar-refractivity contribution in [1.82, 2.24) is 19.4 Å². The van der Waals surface area contributed by atoms with E-state index in [0.29, 0.717) is 233 Å². The van der Waals surface area contributed by atoms with Crippen LogP contribution in [0.4, 0.5) is 16.1 Å². The molecule has 31 heteroatoms. The van der Waals surface area contributed by atoms with Gasteiger partial charge in [0.05, 0.1) is 154 Å². The third kappa shape index (κ3) is 26.1. The molecule has 0 saturated carbocycles. The maximum absolute atomic E-state index is 17.0. The number of allylic oxidation sites excluding steroid dienone is 1. The van der Waals surface area contributed by atoms with Crippen molar-refractivity contribution < 1.29 is 84.0 Å². The van der Waals surface area contributed by atoms with Crippen molar-refractivity contribution >= 4 is 155 Å². The van der Waals surface area contributed by atoms with Crippen LogP contribution < -0.4 is 49.1 Å². The molecule has 129 heavy (non-hydrogen) atoms. The monoisotopic (exact) mass is 1980 g/mol. The summed E-state index contributed by atoms with van der Waals surface area (Å²) < 4.78 is 88.9. The molecule has 6 heterocycles. The van der Waals surface area contributed by atoms with Crippen molar-refractivity contribution in [2.75, 3.05) is 168 Å². The van der Waals surface area contributed by atoms with Gasteiger partial charge in [0.2, 0.25) is 5.82 Å². The molecule has 1 radical (unpaired) electrons. The van der Waals surface area contributed by atoms with E-state index in [1.807, 2.05) is 13.8 Å². The number of aliphatic imine (C=N–C) groups is 2. The molecule has 1 aliphatic carbocycles.